The van der Waals surface area contributed by atoms with Gasteiger partial charge in [0, 0.05) is 31.2 Å². The van der Waals surface area contributed by atoms with Crippen LogP contribution in [0.25, 0.3) is 0 Å². The standard InChI is InChI=1S/C26H37N3O3S/c1-3-20-13-15-27-26(17-20)29-16-14-25(28-33(2,30)31)23(18-29)19-32-24-11-9-22(10-12-24)21-7-5-4-6-8-21/h4-8,13,15,17,22-25,28H,3,9-12,14,16,18-19H2,1-2H3. The fourth-order valence-electron chi connectivity index (χ4n) is 5.24. The van der Waals surface area contributed by atoms with E-state index < -0.39 is 10.0 Å². The molecule has 2 atom stereocenters. The molecule has 7 heteroatoms. The van der Waals surface area contributed by atoms with Gasteiger partial charge in [-0.25, -0.2) is 18.1 Å². The maximum atomic E-state index is 12.0. The molecule has 4 rings (SSSR count). The van der Waals surface area contributed by atoms with Gasteiger partial charge in [-0.2, -0.15) is 0 Å². The van der Waals surface area contributed by atoms with Crippen LogP contribution in [0, 0.1) is 5.92 Å². The van der Waals surface area contributed by atoms with Crippen molar-refractivity contribution in [3.8, 4) is 0 Å². The number of sulfonamides is 1. The second-order valence-corrected chi connectivity index (χ2v) is 11.4. The third-order valence-corrected chi connectivity index (χ3v) is 7.86. The average Bonchev–Trinajstić information content (AvgIpc) is 2.83. The van der Waals surface area contributed by atoms with Crippen LogP contribution in [0.5, 0.6) is 0 Å². The van der Waals surface area contributed by atoms with Gasteiger partial charge in [0.15, 0.2) is 0 Å². The van der Waals surface area contributed by atoms with E-state index in [-0.39, 0.29) is 18.1 Å². The number of anilines is 1. The first-order valence-electron chi connectivity index (χ1n) is 12.2. The van der Waals surface area contributed by atoms with E-state index in [4.69, 9.17) is 4.74 Å². The van der Waals surface area contributed by atoms with Gasteiger partial charge in [0.05, 0.1) is 19.0 Å². The molecule has 1 saturated carbocycles. The topological polar surface area (TPSA) is 71.5 Å². The molecule has 6 nitrogen and oxygen atoms in total. The van der Waals surface area contributed by atoms with E-state index in [0.29, 0.717) is 12.5 Å². The Labute approximate surface area is 198 Å². The predicted octanol–water partition coefficient (Wildman–Crippen LogP) is 4.13. The first kappa shape index (κ1) is 24.2. The Morgan fingerprint density at radius 1 is 1.09 bits per heavy atom. The summed E-state index contributed by atoms with van der Waals surface area (Å²) < 4.78 is 33.2. The zero-order chi connectivity index (χ0) is 23.3. The van der Waals surface area contributed by atoms with Gasteiger partial charge in [0.25, 0.3) is 0 Å². The lowest BCUT2D eigenvalue weighted by atomic mass is 9.82. The molecule has 1 N–H and O–H groups in total. The zero-order valence-electron chi connectivity index (χ0n) is 19.8. The Hall–Kier alpha value is -1.96. The fraction of sp³-hybridized carbons (Fsp3) is 0.577. The van der Waals surface area contributed by atoms with Gasteiger partial charge < -0.3 is 9.64 Å². The van der Waals surface area contributed by atoms with Crippen LogP contribution in [0.3, 0.4) is 0 Å². The first-order chi connectivity index (χ1) is 15.9. The minimum atomic E-state index is -3.27. The summed E-state index contributed by atoms with van der Waals surface area (Å²) >= 11 is 0. The van der Waals surface area contributed by atoms with Crippen LogP contribution >= 0.6 is 0 Å². The van der Waals surface area contributed by atoms with Crippen molar-refractivity contribution in [3.05, 3.63) is 59.8 Å². The van der Waals surface area contributed by atoms with Crippen molar-refractivity contribution in [2.24, 2.45) is 5.92 Å². The molecule has 180 valence electrons. The van der Waals surface area contributed by atoms with Crippen molar-refractivity contribution >= 4 is 15.8 Å². The van der Waals surface area contributed by atoms with Crippen LogP contribution in [0.2, 0.25) is 0 Å². The number of nitrogens with zero attached hydrogens (tertiary/aromatic N) is 2. The van der Waals surface area contributed by atoms with E-state index in [9.17, 15) is 8.42 Å². The minimum Gasteiger partial charge on any atom is -0.378 e. The first-order valence-corrected chi connectivity index (χ1v) is 14.1. The number of benzene rings is 1. The predicted molar refractivity (Wildman–Crippen MR) is 133 cm³/mol. The number of aromatic nitrogens is 1. The SMILES string of the molecule is CCc1ccnc(N2CCC(NS(C)(=O)=O)C(COC3CCC(c4ccccc4)CC3)C2)c1. The highest BCUT2D eigenvalue weighted by molar-refractivity contribution is 7.88. The monoisotopic (exact) mass is 471 g/mol. The Bertz CT molecular complexity index is 991. The number of hydrogen-bond acceptors (Lipinski definition) is 5. The molecule has 2 unspecified atom stereocenters. The van der Waals surface area contributed by atoms with Gasteiger partial charge in [-0.3, -0.25) is 0 Å². The van der Waals surface area contributed by atoms with Crippen LogP contribution in [-0.4, -0.2) is 51.5 Å². The number of hydrogen-bond donors (Lipinski definition) is 1. The van der Waals surface area contributed by atoms with Crippen molar-refractivity contribution in [2.75, 3.05) is 30.9 Å². The highest BCUT2D eigenvalue weighted by Crippen LogP contribution is 2.34. The second kappa shape index (κ2) is 11.0. The summed E-state index contributed by atoms with van der Waals surface area (Å²) in [5.74, 6) is 1.68. The Kier molecular flexibility index (Phi) is 8.04. The lowest BCUT2D eigenvalue weighted by molar-refractivity contribution is -0.00213. The maximum absolute atomic E-state index is 12.0. The average molecular weight is 472 g/mol. The van der Waals surface area contributed by atoms with Crippen LogP contribution < -0.4 is 9.62 Å². The number of rotatable bonds is 8. The Balaban J connectivity index is 1.37. The van der Waals surface area contributed by atoms with Crippen LogP contribution in [0.4, 0.5) is 5.82 Å². The third kappa shape index (κ3) is 6.78. The van der Waals surface area contributed by atoms with E-state index in [1.54, 1.807) is 0 Å². The van der Waals surface area contributed by atoms with Gasteiger partial charge >= 0.3 is 0 Å². The Morgan fingerprint density at radius 3 is 2.55 bits per heavy atom. The van der Waals surface area contributed by atoms with Gasteiger partial charge in [0.2, 0.25) is 10.0 Å². The highest BCUT2D eigenvalue weighted by Gasteiger charge is 2.33. The summed E-state index contributed by atoms with van der Waals surface area (Å²) in [5, 5.41) is 0. The normalized spacial score (nSPS) is 26.3. The lowest BCUT2D eigenvalue weighted by Gasteiger charge is -2.40. The number of nitrogens with one attached hydrogen (secondary N) is 1. The summed E-state index contributed by atoms with van der Waals surface area (Å²) in [6.45, 7) is 4.24. The molecule has 0 amide bonds. The molecule has 0 spiro atoms. The van der Waals surface area contributed by atoms with E-state index in [2.05, 4.69) is 57.9 Å². The van der Waals surface area contributed by atoms with Crippen LogP contribution in [0.1, 0.15) is 56.1 Å². The lowest BCUT2D eigenvalue weighted by Crippen LogP contribution is -2.52. The molecule has 1 aliphatic heterocycles. The third-order valence-electron chi connectivity index (χ3n) is 7.13. The van der Waals surface area contributed by atoms with E-state index in [1.165, 1.54) is 17.4 Å². The Morgan fingerprint density at radius 2 is 1.85 bits per heavy atom. The molecule has 1 aromatic carbocycles. The van der Waals surface area contributed by atoms with Gasteiger partial charge in [0.1, 0.15) is 5.82 Å². The van der Waals surface area contributed by atoms with E-state index in [1.807, 2.05) is 12.3 Å². The quantitative estimate of drug-likeness (QED) is 0.627. The molecule has 2 fully saturated rings. The van der Waals surface area contributed by atoms with Crippen molar-refractivity contribution in [2.45, 2.75) is 63.5 Å². The van der Waals surface area contributed by atoms with Crippen molar-refractivity contribution in [1.82, 2.24) is 9.71 Å². The minimum absolute atomic E-state index is 0.0902. The number of ether oxygens (including phenoxy) is 1. The summed E-state index contributed by atoms with van der Waals surface area (Å²) in [6, 6.07) is 14.9. The van der Waals surface area contributed by atoms with Crippen molar-refractivity contribution in [3.63, 3.8) is 0 Å². The number of piperidine rings is 1. The molecule has 2 heterocycles. The molecule has 0 radical (unpaired) electrons. The second-order valence-electron chi connectivity index (χ2n) is 9.58. The molecular weight excluding hydrogens is 434 g/mol. The molecule has 1 aliphatic carbocycles. The van der Waals surface area contributed by atoms with Gasteiger partial charge in [-0.05, 0) is 67.7 Å². The summed E-state index contributed by atoms with van der Waals surface area (Å²) in [7, 11) is -3.27. The van der Waals surface area contributed by atoms with Crippen molar-refractivity contribution in [1.29, 1.82) is 0 Å². The van der Waals surface area contributed by atoms with E-state index >= 15 is 0 Å². The maximum Gasteiger partial charge on any atom is 0.208 e. The number of aryl methyl sites for hydroxylation is 1. The molecule has 1 saturated heterocycles. The van der Waals surface area contributed by atoms with Crippen LogP contribution in [0.15, 0.2) is 48.7 Å². The fourth-order valence-corrected chi connectivity index (χ4v) is 6.10. The summed E-state index contributed by atoms with van der Waals surface area (Å²) in [4.78, 5) is 6.86. The van der Waals surface area contributed by atoms with Gasteiger partial charge in [-0.15, -0.1) is 0 Å². The molecule has 2 aliphatic rings. The molecule has 1 aromatic heterocycles. The summed E-state index contributed by atoms with van der Waals surface area (Å²) in [5.41, 5.74) is 2.69. The molecule has 33 heavy (non-hydrogen) atoms. The van der Waals surface area contributed by atoms with E-state index in [0.717, 1.165) is 57.4 Å². The molecule has 2 aromatic rings. The zero-order valence-corrected chi connectivity index (χ0v) is 20.6. The largest absolute Gasteiger partial charge is 0.378 e. The number of pyridine rings is 1. The highest BCUT2D eigenvalue weighted by atomic mass is 32.2. The molecule has 0 bridgehead atoms. The van der Waals surface area contributed by atoms with Gasteiger partial charge in [-0.1, -0.05) is 37.3 Å². The van der Waals surface area contributed by atoms with Crippen LogP contribution in [-0.2, 0) is 21.2 Å². The molecular formula is C26H37N3O3S. The van der Waals surface area contributed by atoms with Crippen molar-refractivity contribution < 1.29 is 13.2 Å². The summed E-state index contributed by atoms with van der Waals surface area (Å²) in [6.07, 6.45) is 9.48. The smallest absolute Gasteiger partial charge is 0.208 e.